The van der Waals surface area contributed by atoms with Crippen LogP contribution >= 0.6 is 22.9 Å². The molecule has 10 heteroatoms. The number of carbonyl (C=O) groups excluding carboxylic acids is 2. The monoisotopic (exact) mass is 551 g/mol. The first kappa shape index (κ1) is 26.2. The van der Waals surface area contributed by atoms with Crippen molar-refractivity contribution in [2.75, 3.05) is 26.2 Å². The molecule has 0 bridgehead atoms. The number of rotatable bonds is 8. The van der Waals surface area contributed by atoms with E-state index in [1.165, 1.54) is 11.3 Å². The number of hydrogen-bond donors (Lipinski definition) is 1. The predicted octanol–water partition coefficient (Wildman–Crippen LogP) is 4.55. The maximum atomic E-state index is 11.8. The van der Waals surface area contributed by atoms with Gasteiger partial charge in [-0.05, 0) is 24.6 Å². The summed E-state index contributed by atoms with van der Waals surface area (Å²) in [6, 6.07) is 13.6. The van der Waals surface area contributed by atoms with Gasteiger partial charge in [0.1, 0.15) is 17.5 Å². The Morgan fingerprint density at radius 3 is 2.63 bits per heavy atom. The summed E-state index contributed by atoms with van der Waals surface area (Å²) in [5.41, 5.74) is 9.34. The number of fused-ring (bicyclic) bond motifs is 1. The molecular formula is C28H30ClN5O3S. The molecule has 0 unspecified atom stereocenters. The highest BCUT2D eigenvalue weighted by atomic mass is 35.5. The van der Waals surface area contributed by atoms with Gasteiger partial charge in [-0.1, -0.05) is 35.9 Å². The average Bonchev–Trinajstić information content (AvgIpc) is 3.47. The van der Waals surface area contributed by atoms with Crippen molar-refractivity contribution in [3.8, 4) is 16.3 Å². The second-order valence-corrected chi connectivity index (χ2v) is 11.1. The van der Waals surface area contributed by atoms with Gasteiger partial charge in [0.15, 0.2) is 0 Å². The normalized spacial score (nSPS) is 15.1. The van der Waals surface area contributed by atoms with Crippen LogP contribution in [0, 0.1) is 0 Å². The highest BCUT2D eigenvalue weighted by Crippen LogP contribution is 2.39. The number of pyridine rings is 1. The quantitative estimate of drug-likeness (QED) is 0.347. The minimum atomic E-state index is -0.418. The third kappa shape index (κ3) is 5.70. The zero-order valence-corrected chi connectivity index (χ0v) is 23.0. The molecule has 0 radical (unpaired) electrons. The number of thiophene rings is 1. The number of halogens is 1. The van der Waals surface area contributed by atoms with Crippen molar-refractivity contribution < 1.29 is 14.3 Å². The fraction of sp³-hybridized carbons (Fsp3) is 0.321. The first-order valence-corrected chi connectivity index (χ1v) is 13.7. The molecule has 0 spiro atoms. The van der Waals surface area contributed by atoms with E-state index in [1.807, 2.05) is 54.4 Å². The van der Waals surface area contributed by atoms with Crippen molar-refractivity contribution in [2.24, 2.45) is 5.73 Å². The summed E-state index contributed by atoms with van der Waals surface area (Å²) in [7, 11) is 0. The Balaban J connectivity index is 1.41. The fourth-order valence-electron chi connectivity index (χ4n) is 4.76. The van der Waals surface area contributed by atoms with Crippen LogP contribution in [0.25, 0.3) is 16.2 Å². The molecule has 4 aromatic rings. The van der Waals surface area contributed by atoms with Gasteiger partial charge in [-0.2, -0.15) is 0 Å². The molecule has 1 fully saturated rings. The van der Waals surface area contributed by atoms with Crippen molar-refractivity contribution in [3.63, 3.8) is 0 Å². The fourth-order valence-corrected chi connectivity index (χ4v) is 6.16. The highest BCUT2D eigenvalue weighted by Gasteiger charge is 2.21. The van der Waals surface area contributed by atoms with Crippen molar-refractivity contribution in [1.82, 2.24) is 19.2 Å². The van der Waals surface area contributed by atoms with Gasteiger partial charge in [0.05, 0.1) is 28.1 Å². The van der Waals surface area contributed by atoms with Crippen molar-refractivity contribution in [3.05, 3.63) is 75.9 Å². The van der Waals surface area contributed by atoms with Crippen LogP contribution < -0.4 is 10.5 Å². The van der Waals surface area contributed by atoms with Crippen LogP contribution in [0.3, 0.4) is 0 Å². The molecule has 2 amide bonds. The number of imidazole rings is 1. The summed E-state index contributed by atoms with van der Waals surface area (Å²) < 4.78 is 8.38. The third-order valence-corrected chi connectivity index (χ3v) is 8.28. The first-order chi connectivity index (χ1) is 18.3. The Morgan fingerprint density at radius 2 is 1.92 bits per heavy atom. The van der Waals surface area contributed by atoms with Gasteiger partial charge < -0.3 is 15.4 Å². The Morgan fingerprint density at radius 1 is 1.16 bits per heavy atom. The standard InChI is InChI=1S/C28H30ClN5O3S/c1-18(21-5-3-4-6-22(21)29)37-24-13-25(38-26(24)14-27(30)36)23-15-31-28-8-7-20(17-34(23)28)16-32-9-11-33(12-10-32)19(2)35/h3-8,13,15,17-18H,9-12,14,16H2,1-2H3,(H2,30,36)/t18-/m1/s1. The Labute approximate surface area is 230 Å². The number of aromatic nitrogens is 2. The summed E-state index contributed by atoms with van der Waals surface area (Å²) in [5.74, 6) is 0.329. The van der Waals surface area contributed by atoms with E-state index in [4.69, 9.17) is 22.1 Å². The summed E-state index contributed by atoms with van der Waals surface area (Å²) in [5, 5.41) is 0.629. The molecule has 1 aliphatic heterocycles. The summed E-state index contributed by atoms with van der Waals surface area (Å²) in [6.45, 7) is 7.55. The summed E-state index contributed by atoms with van der Waals surface area (Å²) in [6.07, 6.45) is 3.72. The van der Waals surface area contributed by atoms with Gasteiger partial charge >= 0.3 is 0 Å². The Kier molecular flexibility index (Phi) is 7.69. The van der Waals surface area contributed by atoms with Crippen molar-refractivity contribution in [1.29, 1.82) is 0 Å². The predicted molar refractivity (Wildman–Crippen MR) is 149 cm³/mol. The maximum Gasteiger partial charge on any atom is 0.222 e. The number of carbonyl (C=O) groups is 2. The number of piperazine rings is 1. The number of hydrogen-bond acceptors (Lipinski definition) is 6. The van der Waals surface area contributed by atoms with Gasteiger partial charge in [-0.25, -0.2) is 4.98 Å². The van der Waals surface area contributed by atoms with Crippen LogP contribution in [0.5, 0.6) is 5.75 Å². The van der Waals surface area contributed by atoms with E-state index in [9.17, 15) is 9.59 Å². The van der Waals surface area contributed by atoms with E-state index < -0.39 is 5.91 Å². The Bertz CT molecular complexity index is 1470. The molecule has 4 heterocycles. The number of ether oxygens (including phenoxy) is 1. The lowest BCUT2D eigenvalue weighted by Gasteiger charge is -2.34. The SMILES string of the molecule is CC(=O)N1CCN(Cc2ccc3ncc(-c4cc(O[C@H](C)c5ccccc5Cl)c(CC(N)=O)s4)n3c2)CC1. The molecule has 8 nitrogen and oxygen atoms in total. The van der Waals surface area contributed by atoms with Crippen LogP contribution in [0.15, 0.2) is 54.9 Å². The zero-order valence-electron chi connectivity index (χ0n) is 21.4. The third-order valence-electron chi connectivity index (χ3n) is 6.80. The van der Waals surface area contributed by atoms with Gasteiger partial charge in [0.2, 0.25) is 11.8 Å². The Hall–Kier alpha value is -3.40. The minimum Gasteiger partial charge on any atom is -0.485 e. The molecule has 1 saturated heterocycles. The molecule has 1 aromatic carbocycles. The molecule has 38 heavy (non-hydrogen) atoms. The molecule has 5 rings (SSSR count). The number of nitrogens with zero attached hydrogens (tertiary/aromatic N) is 4. The van der Waals surface area contributed by atoms with E-state index in [2.05, 4.69) is 26.5 Å². The van der Waals surface area contributed by atoms with E-state index in [1.54, 1.807) is 6.92 Å². The number of primary amides is 1. The number of amides is 2. The highest BCUT2D eigenvalue weighted by molar-refractivity contribution is 7.15. The minimum absolute atomic E-state index is 0.0868. The lowest BCUT2D eigenvalue weighted by atomic mass is 10.1. The molecule has 0 saturated carbocycles. The zero-order chi connectivity index (χ0) is 26.8. The van der Waals surface area contributed by atoms with Crippen molar-refractivity contribution >= 4 is 40.4 Å². The van der Waals surface area contributed by atoms with Crippen molar-refractivity contribution in [2.45, 2.75) is 32.9 Å². The molecule has 1 aliphatic rings. The topological polar surface area (TPSA) is 93.2 Å². The molecule has 3 aromatic heterocycles. The molecule has 0 aliphatic carbocycles. The summed E-state index contributed by atoms with van der Waals surface area (Å²) in [4.78, 5) is 34.0. The second kappa shape index (κ2) is 11.1. The van der Waals surface area contributed by atoms with E-state index in [0.29, 0.717) is 10.8 Å². The van der Waals surface area contributed by atoms with Gasteiger partial charge in [0.25, 0.3) is 0 Å². The van der Waals surface area contributed by atoms with E-state index in [-0.39, 0.29) is 18.4 Å². The molecule has 1 atom stereocenters. The molecule has 2 N–H and O–H groups in total. The van der Waals surface area contributed by atoms with Crippen LogP contribution in [-0.4, -0.2) is 57.2 Å². The van der Waals surface area contributed by atoms with Gasteiger partial charge in [0, 0.05) is 62.5 Å². The first-order valence-electron chi connectivity index (χ1n) is 12.5. The van der Waals surface area contributed by atoms with Crippen LogP contribution in [0.2, 0.25) is 5.02 Å². The van der Waals surface area contributed by atoms with Crippen LogP contribution in [-0.2, 0) is 22.6 Å². The molecular weight excluding hydrogens is 522 g/mol. The van der Waals surface area contributed by atoms with Crippen LogP contribution in [0.1, 0.15) is 36.0 Å². The van der Waals surface area contributed by atoms with E-state index in [0.717, 1.165) is 64.9 Å². The lowest BCUT2D eigenvalue weighted by Crippen LogP contribution is -2.47. The lowest BCUT2D eigenvalue weighted by molar-refractivity contribution is -0.130. The number of benzene rings is 1. The van der Waals surface area contributed by atoms with Crippen LogP contribution in [0.4, 0.5) is 0 Å². The maximum absolute atomic E-state index is 11.8. The molecule has 198 valence electrons. The second-order valence-electron chi connectivity index (χ2n) is 9.51. The van der Waals surface area contributed by atoms with E-state index >= 15 is 0 Å². The summed E-state index contributed by atoms with van der Waals surface area (Å²) >= 11 is 7.86. The number of nitrogens with two attached hydrogens (primary N) is 1. The van der Waals surface area contributed by atoms with Gasteiger partial charge in [-0.3, -0.25) is 18.9 Å². The van der Waals surface area contributed by atoms with Gasteiger partial charge in [-0.15, -0.1) is 11.3 Å². The largest absolute Gasteiger partial charge is 0.485 e. The average molecular weight is 552 g/mol. The smallest absolute Gasteiger partial charge is 0.222 e.